The molecule has 0 bridgehead atoms. The number of nitrogens with two attached hydrogens (primary N) is 1. The number of hydrogen-bond donors (Lipinski definition) is 2. The van der Waals surface area contributed by atoms with E-state index >= 15 is 0 Å². The lowest BCUT2D eigenvalue weighted by Crippen LogP contribution is -2.48. The van der Waals surface area contributed by atoms with Crippen molar-refractivity contribution in [3.63, 3.8) is 0 Å². The molecule has 2 atom stereocenters. The van der Waals surface area contributed by atoms with E-state index in [1.54, 1.807) is 0 Å². The molecule has 122 valence electrons. The Bertz CT molecular complexity index is 257. The van der Waals surface area contributed by atoms with Gasteiger partial charge in [0.05, 0.1) is 0 Å². The summed E-state index contributed by atoms with van der Waals surface area (Å²) >= 11 is 0. The number of unbranched alkanes of at least 4 members (excludes halogenated alkanes) is 1. The van der Waals surface area contributed by atoms with E-state index in [0.29, 0.717) is 6.04 Å². The zero-order valence-corrected chi connectivity index (χ0v) is 14.6. The van der Waals surface area contributed by atoms with Gasteiger partial charge < -0.3 is 16.0 Å². The van der Waals surface area contributed by atoms with E-state index in [0.717, 1.165) is 25.9 Å². The van der Waals surface area contributed by atoms with Gasteiger partial charge in [0, 0.05) is 31.1 Å². The van der Waals surface area contributed by atoms with E-state index in [-0.39, 0.29) is 42.7 Å². The highest BCUT2D eigenvalue weighted by Crippen LogP contribution is 2.12. The normalized spacial score (nSPS) is 19.4. The summed E-state index contributed by atoms with van der Waals surface area (Å²) in [5.41, 5.74) is 5.75. The Morgan fingerprint density at radius 3 is 2.30 bits per heavy atom. The second-order valence-corrected chi connectivity index (χ2v) is 5.63. The molecule has 0 spiro atoms. The minimum atomic E-state index is -0.0943. The fourth-order valence-electron chi connectivity index (χ4n) is 2.25. The third-order valence-corrected chi connectivity index (χ3v) is 3.96. The van der Waals surface area contributed by atoms with E-state index in [9.17, 15) is 4.79 Å². The number of hydrogen-bond acceptors (Lipinski definition) is 3. The van der Waals surface area contributed by atoms with Crippen LogP contribution in [0.15, 0.2) is 0 Å². The summed E-state index contributed by atoms with van der Waals surface area (Å²) < 4.78 is 0. The summed E-state index contributed by atoms with van der Waals surface area (Å²) in [6.45, 7) is 9.43. The summed E-state index contributed by atoms with van der Waals surface area (Å²) in [5.74, 6) is 0.0140. The molecule has 0 saturated carbocycles. The molecule has 1 aliphatic rings. The second-order valence-electron chi connectivity index (χ2n) is 5.63. The van der Waals surface area contributed by atoms with E-state index in [1.807, 2.05) is 13.8 Å². The molecule has 1 amide bonds. The van der Waals surface area contributed by atoms with Crippen molar-refractivity contribution in [3.8, 4) is 0 Å². The van der Waals surface area contributed by atoms with Crippen molar-refractivity contribution in [2.75, 3.05) is 19.6 Å². The van der Waals surface area contributed by atoms with E-state index in [1.165, 1.54) is 19.4 Å². The van der Waals surface area contributed by atoms with Gasteiger partial charge in [0.15, 0.2) is 0 Å². The Balaban J connectivity index is 0. The average Bonchev–Trinajstić information content (AvgIpc) is 2.36. The number of amides is 1. The largest absolute Gasteiger partial charge is 0.353 e. The number of nitrogens with one attached hydrogen (secondary N) is 1. The zero-order valence-electron chi connectivity index (χ0n) is 12.9. The van der Waals surface area contributed by atoms with Gasteiger partial charge in [0.1, 0.15) is 0 Å². The molecular formula is C14H31Cl2N3O. The molecule has 20 heavy (non-hydrogen) atoms. The van der Waals surface area contributed by atoms with Crippen LogP contribution in [0.2, 0.25) is 0 Å². The molecule has 0 radical (unpaired) electrons. The first-order valence-corrected chi connectivity index (χ1v) is 7.33. The molecule has 1 rings (SSSR count). The van der Waals surface area contributed by atoms with Gasteiger partial charge in [-0.15, -0.1) is 24.8 Å². The molecule has 1 heterocycles. The lowest BCUT2D eigenvalue weighted by molar-refractivity contribution is -0.126. The van der Waals surface area contributed by atoms with Gasteiger partial charge in [0.2, 0.25) is 5.91 Å². The molecule has 3 N–H and O–H groups in total. The van der Waals surface area contributed by atoms with Crippen molar-refractivity contribution in [1.82, 2.24) is 10.2 Å². The summed E-state index contributed by atoms with van der Waals surface area (Å²) in [5, 5.41) is 3.13. The Hall–Kier alpha value is -0.0300. The third kappa shape index (κ3) is 7.67. The lowest BCUT2D eigenvalue weighted by Gasteiger charge is -2.33. The molecule has 0 aromatic carbocycles. The molecular weight excluding hydrogens is 297 g/mol. The van der Waals surface area contributed by atoms with Crippen LogP contribution in [0.4, 0.5) is 0 Å². The molecule has 4 nitrogen and oxygen atoms in total. The number of likely N-dealkylation sites (tertiary alicyclic amines) is 1. The van der Waals surface area contributed by atoms with Crippen LogP contribution < -0.4 is 11.1 Å². The number of carbonyl (C=O) groups is 1. The minimum Gasteiger partial charge on any atom is -0.353 e. The van der Waals surface area contributed by atoms with Crippen molar-refractivity contribution in [2.45, 2.75) is 58.5 Å². The third-order valence-electron chi connectivity index (χ3n) is 3.96. The summed E-state index contributed by atoms with van der Waals surface area (Å²) in [4.78, 5) is 14.4. The van der Waals surface area contributed by atoms with Crippen LogP contribution in [0, 0.1) is 5.92 Å². The Morgan fingerprint density at radius 2 is 1.85 bits per heavy atom. The van der Waals surface area contributed by atoms with Gasteiger partial charge in [-0.05, 0) is 32.7 Å². The smallest absolute Gasteiger partial charge is 0.224 e. The van der Waals surface area contributed by atoms with Crippen LogP contribution in [0.3, 0.4) is 0 Å². The fourth-order valence-corrected chi connectivity index (χ4v) is 2.25. The van der Waals surface area contributed by atoms with Crippen molar-refractivity contribution >= 4 is 30.7 Å². The number of carbonyl (C=O) groups excluding carboxylic acids is 1. The molecule has 0 aromatic heterocycles. The molecule has 2 unspecified atom stereocenters. The number of nitrogens with zero attached hydrogens (tertiary/aromatic N) is 1. The molecule has 0 aromatic rings. The van der Waals surface area contributed by atoms with Crippen molar-refractivity contribution in [1.29, 1.82) is 0 Å². The molecule has 1 saturated heterocycles. The number of halogens is 2. The van der Waals surface area contributed by atoms with Gasteiger partial charge in [-0.1, -0.05) is 20.3 Å². The SMILES string of the molecule is CCCCN1CCC(NC(=O)C(C)C(C)N)CC1.Cl.Cl. The van der Waals surface area contributed by atoms with Crippen LogP contribution in [0.5, 0.6) is 0 Å². The highest BCUT2D eigenvalue weighted by molar-refractivity contribution is 5.85. The number of rotatable bonds is 6. The quantitative estimate of drug-likeness (QED) is 0.786. The molecule has 6 heteroatoms. The maximum Gasteiger partial charge on any atom is 0.224 e. The monoisotopic (exact) mass is 327 g/mol. The van der Waals surface area contributed by atoms with E-state index in [2.05, 4.69) is 17.1 Å². The van der Waals surface area contributed by atoms with Gasteiger partial charge >= 0.3 is 0 Å². The van der Waals surface area contributed by atoms with Gasteiger partial charge in [0.25, 0.3) is 0 Å². The topological polar surface area (TPSA) is 58.4 Å². The highest BCUT2D eigenvalue weighted by Gasteiger charge is 2.23. The van der Waals surface area contributed by atoms with Crippen LogP contribution in [-0.2, 0) is 4.79 Å². The van der Waals surface area contributed by atoms with Crippen LogP contribution in [0.1, 0.15) is 46.5 Å². The van der Waals surface area contributed by atoms with E-state index < -0.39 is 0 Å². The second kappa shape index (κ2) is 11.6. The van der Waals surface area contributed by atoms with Crippen LogP contribution in [-0.4, -0.2) is 42.5 Å². The zero-order chi connectivity index (χ0) is 13.5. The number of piperidine rings is 1. The van der Waals surface area contributed by atoms with Gasteiger partial charge in [-0.3, -0.25) is 4.79 Å². The van der Waals surface area contributed by atoms with Crippen LogP contribution >= 0.6 is 24.8 Å². The predicted molar refractivity (Wildman–Crippen MR) is 89.8 cm³/mol. The lowest BCUT2D eigenvalue weighted by atomic mass is 10.0. The summed E-state index contributed by atoms with van der Waals surface area (Å²) in [6, 6.07) is 0.270. The maximum atomic E-state index is 11.9. The minimum absolute atomic E-state index is 0. The van der Waals surface area contributed by atoms with Crippen molar-refractivity contribution in [3.05, 3.63) is 0 Å². The summed E-state index contributed by atoms with van der Waals surface area (Å²) in [6.07, 6.45) is 4.67. The van der Waals surface area contributed by atoms with Gasteiger partial charge in [-0.2, -0.15) is 0 Å². The molecule has 1 aliphatic heterocycles. The predicted octanol–water partition coefficient (Wildman–Crippen LogP) is 2.19. The maximum absolute atomic E-state index is 11.9. The first-order valence-electron chi connectivity index (χ1n) is 7.33. The molecule has 0 aliphatic carbocycles. The Labute approximate surface area is 136 Å². The van der Waals surface area contributed by atoms with E-state index in [4.69, 9.17) is 5.73 Å². The van der Waals surface area contributed by atoms with Crippen molar-refractivity contribution < 1.29 is 4.79 Å². The highest BCUT2D eigenvalue weighted by atomic mass is 35.5. The van der Waals surface area contributed by atoms with Gasteiger partial charge in [-0.25, -0.2) is 0 Å². The van der Waals surface area contributed by atoms with Crippen LogP contribution in [0.25, 0.3) is 0 Å². The fraction of sp³-hybridized carbons (Fsp3) is 0.929. The van der Waals surface area contributed by atoms with Crippen molar-refractivity contribution in [2.24, 2.45) is 11.7 Å². The molecule has 1 fully saturated rings. The first kappa shape index (κ1) is 22.3. The Morgan fingerprint density at radius 1 is 1.30 bits per heavy atom. The first-order chi connectivity index (χ1) is 8.54. The average molecular weight is 328 g/mol. The standard InChI is InChI=1S/C14H29N3O.2ClH/c1-4-5-8-17-9-6-13(7-10-17)16-14(18)11(2)12(3)15;;/h11-13H,4-10,15H2,1-3H3,(H,16,18);2*1H. The summed E-state index contributed by atoms with van der Waals surface area (Å²) in [7, 11) is 0. The Kier molecular flexibility index (Phi) is 12.9.